The molecule has 0 unspecified atom stereocenters. The number of amides is 1. The molecule has 1 amide bonds. The highest BCUT2D eigenvalue weighted by atomic mass is 35.5. The number of hydrogen-bond acceptors (Lipinski definition) is 3. The second-order valence-corrected chi connectivity index (χ2v) is 6.34. The summed E-state index contributed by atoms with van der Waals surface area (Å²) in [5, 5.41) is 3.49. The molecule has 1 saturated heterocycles. The summed E-state index contributed by atoms with van der Waals surface area (Å²) in [5.41, 5.74) is 0.704. The molecule has 1 aliphatic rings. The first kappa shape index (κ1) is 17.8. The van der Waals surface area contributed by atoms with E-state index in [9.17, 15) is 9.59 Å². The van der Waals surface area contributed by atoms with E-state index in [0.29, 0.717) is 17.3 Å². The van der Waals surface area contributed by atoms with Crippen LogP contribution in [0.3, 0.4) is 0 Å². The van der Waals surface area contributed by atoms with Gasteiger partial charge in [0.1, 0.15) is 0 Å². The largest absolute Gasteiger partial charge is 0.466 e. The highest BCUT2D eigenvalue weighted by Gasteiger charge is 2.33. The summed E-state index contributed by atoms with van der Waals surface area (Å²) >= 11 is 5.93. The Bertz CT molecular complexity index is 557. The van der Waals surface area contributed by atoms with Gasteiger partial charge in [-0.25, -0.2) is 0 Å². The van der Waals surface area contributed by atoms with Gasteiger partial charge in [-0.1, -0.05) is 17.7 Å². The Kier molecular flexibility index (Phi) is 6.42. The van der Waals surface area contributed by atoms with Crippen LogP contribution in [0.1, 0.15) is 26.7 Å². The van der Waals surface area contributed by atoms with E-state index in [1.165, 1.54) is 4.90 Å². The molecule has 0 bridgehead atoms. The average Bonchev–Trinajstić information content (AvgIpc) is 2.54. The lowest BCUT2D eigenvalue weighted by Crippen LogP contribution is -3.17. The molecule has 1 aromatic rings. The smallest absolute Gasteiger partial charge is 0.309 e. The van der Waals surface area contributed by atoms with Gasteiger partial charge < -0.3 is 15.0 Å². The normalized spacial score (nSPS) is 22.2. The van der Waals surface area contributed by atoms with Crippen molar-refractivity contribution >= 4 is 29.2 Å². The van der Waals surface area contributed by atoms with E-state index in [4.69, 9.17) is 16.3 Å². The quantitative estimate of drug-likeness (QED) is 0.800. The Morgan fingerprint density at radius 2 is 2.09 bits per heavy atom. The minimum absolute atomic E-state index is 0.0260. The summed E-state index contributed by atoms with van der Waals surface area (Å²) in [6, 6.07) is 6.96. The molecule has 5 nitrogen and oxygen atoms in total. The number of likely N-dealkylation sites (tertiary alicyclic amines) is 1. The lowest BCUT2D eigenvalue weighted by molar-refractivity contribution is -0.919. The van der Waals surface area contributed by atoms with Gasteiger partial charge >= 0.3 is 5.97 Å². The number of carbonyl (C=O) groups is 2. The highest BCUT2D eigenvalue weighted by molar-refractivity contribution is 6.30. The van der Waals surface area contributed by atoms with Crippen LogP contribution in [0, 0.1) is 5.92 Å². The van der Waals surface area contributed by atoms with Crippen molar-refractivity contribution in [3.05, 3.63) is 29.3 Å². The Hall–Kier alpha value is -1.59. The second kappa shape index (κ2) is 8.31. The number of hydrogen-bond donors (Lipinski definition) is 2. The van der Waals surface area contributed by atoms with E-state index in [0.717, 1.165) is 25.9 Å². The van der Waals surface area contributed by atoms with Crippen LogP contribution in [-0.4, -0.2) is 37.6 Å². The first-order valence-electron chi connectivity index (χ1n) is 8.09. The number of halogens is 1. The summed E-state index contributed by atoms with van der Waals surface area (Å²) in [6.07, 6.45) is 1.53. The van der Waals surface area contributed by atoms with Crippen molar-refractivity contribution in [2.24, 2.45) is 5.92 Å². The number of nitrogens with one attached hydrogen (secondary N) is 2. The fourth-order valence-corrected chi connectivity index (χ4v) is 3.11. The van der Waals surface area contributed by atoms with Crippen LogP contribution in [0.25, 0.3) is 0 Å². The third-order valence-electron chi connectivity index (χ3n) is 4.35. The molecule has 0 spiro atoms. The summed E-state index contributed by atoms with van der Waals surface area (Å²) in [4.78, 5) is 25.3. The fraction of sp³-hybridized carbons (Fsp3) is 0.529. The predicted octanol–water partition coefficient (Wildman–Crippen LogP) is 1.52. The zero-order valence-electron chi connectivity index (χ0n) is 13.6. The number of benzene rings is 1. The molecule has 2 rings (SSSR count). The molecule has 0 saturated carbocycles. The lowest BCUT2D eigenvalue weighted by Gasteiger charge is -2.31. The van der Waals surface area contributed by atoms with Gasteiger partial charge in [-0.05, 0) is 32.0 Å². The van der Waals surface area contributed by atoms with Crippen LogP contribution in [-0.2, 0) is 14.3 Å². The van der Waals surface area contributed by atoms with E-state index in [1.807, 2.05) is 19.9 Å². The molecule has 126 valence electrons. The van der Waals surface area contributed by atoms with Crippen molar-refractivity contribution in [2.75, 3.05) is 25.0 Å². The maximum absolute atomic E-state index is 12.4. The molecule has 1 aromatic carbocycles. The summed E-state index contributed by atoms with van der Waals surface area (Å²) in [5.74, 6) is -0.165. The molecule has 23 heavy (non-hydrogen) atoms. The fourth-order valence-electron chi connectivity index (χ4n) is 2.92. The van der Waals surface area contributed by atoms with Gasteiger partial charge in [0.05, 0.1) is 25.6 Å². The number of rotatable bonds is 5. The number of piperidine rings is 1. The van der Waals surface area contributed by atoms with Crippen LogP contribution < -0.4 is 10.2 Å². The van der Waals surface area contributed by atoms with Crippen LogP contribution in [0.4, 0.5) is 5.69 Å². The average molecular weight is 340 g/mol. The standard InChI is InChI=1S/C17H23ClN2O3/c1-3-23-17(22)13-7-9-20(10-8-13)12(2)16(21)19-15-6-4-5-14(18)11-15/h4-6,11-13H,3,7-10H2,1-2H3,(H,19,21)/p+1/t12-/m1/s1. The van der Waals surface area contributed by atoms with Gasteiger partial charge in [-0.3, -0.25) is 9.59 Å². The molecule has 0 aromatic heterocycles. The van der Waals surface area contributed by atoms with Crippen molar-refractivity contribution < 1.29 is 19.2 Å². The van der Waals surface area contributed by atoms with Crippen LogP contribution in [0.15, 0.2) is 24.3 Å². The summed E-state index contributed by atoms with van der Waals surface area (Å²) in [6.45, 7) is 5.76. The van der Waals surface area contributed by atoms with E-state index in [1.54, 1.807) is 18.2 Å². The zero-order valence-corrected chi connectivity index (χ0v) is 14.4. The van der Waals surface area contributed by atoms with Crippen LogP contribution in [0.2, 0.25) is 5.02 Å². The topological polar surface area (TPSA) is 59.8 Å². The molecule has 1 heterocycles. The number of carbonyl (C=O) groups excluding carboxylic acids is 2. The van der Waals surface area contributed by atoms with Crippen molar-refractivity contribution in [3.8, 4) is 0 Å². The van der Waals surface area contributed by atoms with Crippen molar-refractivity contribution in [1.82, 2.24) is 0 Å². The molecule has 0 aliphatic carbocycles. The van der Waals surface area contributed by atoms with Gasteiger partial charge in [-0.15, -0.1) is 0 Å². The Balaban J connectivity index is 1.85. The molecular weight excluding hydrogens is 316 g/mol. The number of anilines is 1. The molecule has 1 aliphatic heterocycles. The van der Waals surface area contributed by atoms with Crippen LogP contribution in [0.5, 0.6) is 0 Å². The number of esters is 1. The van der Waals surface area contributed by atoms with Gasteiger partial charge in [-0.2, -0.15) is 0 Å². The molecule has 2 N–H and O–H groups in total. The minimum Gasteiger partial charge on any atom is -0.466 e. The van der Waals surface area contributed by atoms with Gasteiger partial charge in [0.15, 0.2) is 6.04 Å². The summed E-state index contributed by atoms with van der Waals surface area (Å²) in [7, 11) is 0. The first-order valence-corrected chi connectivity index (χ1v) is 8.46. The SMILES string of the molecule is CCOC(=O)C1CC[NH+]([C@H](C)C(=O)Nc2cccc(Cl)c2)CC1. The van der Waals surface area contributed by atoms with Crippen molar-refractivity contribution in [1.29, 1.82) is 0 Å². The lowest BCUT2D eigenvalue weighted by atomic mass is 9.96. The monoisotopic (exact) mass is 339 g/mol. The van der Waals surface area contributed by atoms with Crippen molar-refractivity contribution in [2.45, 2.75) is 32.7 Å². The van der Waals surface area contributed by atoms with E-state index in [2.05, 4.69) is 5.32 Å². The maximum atomic E-state index is 12.4. The first-order chi connectivity index (χ1) is 11.0. The Morgan fingerprint density at radius 1 is 1.39 bits per heavy atom. The zero-order chi connectivity index (χ0) is 16.8. The molecule has 6 heteroatoms. The molecule has 0 radical (unpaired) electrons. The molecular formula is C17H24ClN2O3+. The second-order valence-electron chi connectivity index (χ2n) is 5.91. The van der Waals surface area contributed by atoms with E-state index in [-0.39, 0.29) is 23.8 Å². The summed E-state index contributed by atoms with van der Waals surface area (Å²) < 4.78 is 5.07. The van der Waals surface area contributed by atoms with Gasteiger partial charge in [0.2, 0.25) is 0 Å². The predicted molar refractivity (Wildman–Crippen MR) is 89.6 cm³/mol. The van der Waals surface area contributed by atoms with Crippen LogP contribution >= 0.6 is 11.6 Å². The third-order valence-corrected chi connectivity index (χ3v) is 4.58. The van der Waals surface area contributed by atoms with Gasteiger partial charge in [0, 0.05) is 23.6 Å². The molecule has 1 atom stereocenters. The van der Waals surface area contributed by atoms with E-state index < -0.39 is 0 Å². The number of ether oxygens (including phenoxy) is 1. The highest BCUT2D eigenvalue weighted by Crippen LogP contribution is 2.15. The van der Waals surface area contributed by atoms with Crippen molar-refractivity contribution in [3.63, 3.8) is 0 Å². The maximum Gasteiger partial charge on any atom is 0.309 e. The Labute approximate surface area is 141 Å². The minimum atomic E-state index is -0.169. The van der Waals surface area contributed by atoms with E-state index >= 15 is 0 Å². The third kappa shape index (κ3) is 4.94. The molecule has 1 fully saturated rings. The number of quaternary nitrogens is 1. The Morgan fingerprint density at radius 3 is 2.70 bits per heavy atom. The van der Waals surface area contributed by atoms with Gasteiger partial charge in [0.25, 0.3) is 5.91 Å².